The molecular formula is C16H24N4. The maximum absolute atomic E-state index is 6.21. The minimum Gasteiger partial charge on any atom is -0.394 e. The van der Waals surface area contributed by atoms with Gasteiger partial charge in [-0.25, -0.2) is 4.68 Å². The van der Waals surface area contributed by atoms with E-state index < -0.39 is 0 Å². The largest absolute Gasteiger partial charge is 0.394 e. The van der Waals surface area contributed by atoms with Crippen molar-refractivity contribution in [2.24, 2.45) is 0 Å². The third kappa shape index (κ3) is 2.50. The van der Waals surface area contributed by atoms with E-state index in [1.807, 2.05) is 18.7 Å². The highest BCUT2D eigenvalue weighted by Gasteiger charge is 2.19. The Kier molecular flexibility index (Phi) is 4.02. The summed E-state index contributed by atoms with van der Waals surface area (Å²) in [6.07, 6.45) is 1.05. The molecule has 0 aliphatic rings. The van der Waals surface area contributed by atoms with Gasteiger partial charge in [-0.1, -0.05) is 19.1 Å². The molecule has 2 rings (SSSR count). The van der Waals surface area contributed by atoms with E-state index in [1.165, 1.54) is 5.56 Å². The molecule has 2 aromatic rings. The summed E-state index contributed by atoms with van der Waals surface area (Å²) in [5, 5.41) is 4.54. The molecule has 0 aliphatic heterocycles. The highest BCUT2D eigenvalue weighted by molar-refractivity contribution is 5.73. The zero-order valence-electron chi connectivity index (χ0n) is 13.0. The molecule has 0 atom stereocenters. The van der Waals surface area contributed by atoms with Crippen molar-refractivity contribution in [3.8, 4) is 0 Å². The van der Waals surface area contributed by atoms with Crippen molar-refractivity contribution in [3.63, 3.8) is 0 Å². The second kappa shape index (κ2) is 5.57. The number of aryl methyl sites for hydroxylation is 2. The van der Waals surface area contributed by atoms with Gasteiger partial charge in [-0.2, -0.15) is 5.10 Å². The Bertz CT molecular complexity index is 581. The maximum atomic E-state index is 6.21. The molecule has 2 N–H and O–H groups in total. The average Bonchev–Trinajstić information content (AvgIpc) is 2.74. The molecule has 1 heterocycles. The Hall–Kier alpha value is -1.97. The highest BCUT2D eigenvalue weighted by Crippen LogP contribution is 2.33. The summed E-state index contributed by atoms with van der Waals surface area (Å²) < 4.78 is 1.98. The fourth-order valence-electron chi connectivity index (χ4n) is 2.32. The molecule has 0 bridgehead atoms. The molecule has 0 aliphatic carbocycles. The highest BCUT2D eigenvalue weighted by atomic mass is 15.4. The zero-order chi connectivity index (χ0) is 14.9. The van der Waals surface area contributed by atoms with Gasteiger partial charge in [0.25, 0.3) is 0 Å². The quantitative estimate of drug-likeness (QED) is 0.923. The van der Waals surface area contributed by atoms with E-state index >= 15 is 0 Å². The van der Waals surface area contributed by atoms with E-state index in [1.54, 1.807) is 0 Å². The smallest absolute Gasteiger partial charge is 0.155 e. The lowest BCUT2D eigenvalue weighted by molar-refractivity contribution is 0.531. The van der Waals surface area contributed by atoms with Crippen LogP contribution in [0.4, 0.5) is 17.2 Å². The second-order valence-electron chi connectivity index (χ2n) is 5.44. The number of nitrogen functional groups attached to an aromatic ring is 1. The lowest BCUT2D eigenvalue weighted by Gasteiger charge is -2.23. The SMILES string of the molecule is CCc1ccc(N(C)c2c(N)c(C)nn2C(C)C)cc1. The Morgan fingerprint density at radius 1 is 1.25 bits per heavy atom. The third-order valence-corrected chi connectivity index (χ3v) is 3.64. The summed E-state index contributed by atoms with van der Waals surface area (Å²) in [5.74, 6) is 0.960. The Labute approximate surface area is 121 Å². The predicted octanol–water partition coefficient (Wildman–Crippen LogP) is 3.68. The fourth-order valence-corrected chi connectivity index (χ4v) is 2.32. The molecule has 4 nitrogen and oxygen atoms in total. The van der Waals surface area contributed by atoms with Crippen LogP contribution in [0.5, 0.6) is 0 Å². The fraction of sp³-hybridized carbons (Fsp3) is 0.438. The standard InChI is InChI=1S/C16H24N4/c1-6-13-7-9-14(10-8-13)19(5)16-15(17)12(4)18-20(16)11(2)3/h7-11H,6,17H2,1-5H3. The number of benzene rings is 1. The number of hydrogen-bond donors (Lipinski definition) is 1. The maximum Gasteiger partial charge on any atom is 0.155 e. The Balaban J connectivity index is 2.44. The molecule has 1 aromatic heterocycles. The van der Waals surface area contributed by atoms with Crippen molar-refractivity contribution in [3.05, 3.63) is 35.5 Å². The van der Waals surface area contributed by atoms with E-state index in [9.17, 15) is 0 Å². The molecule has 0 spiro atoms. The number of hydrogen-bond acceptors (Lipinski definition) is 3. The van der Waals surface area contributed by atoms with Crippen LogP contribution in [0.25, 0.3) is 0 Å². The monoisotopic (exact) mass is 272 g/mol. The van der Waals surface area contributed by atoms with Crippen molar-refractivity contribution in [1.29, 1.82) is 0 Å². The van der Waals surface area contributed by atoms with Crippen LogP contribution in [0.15, 0.2) is 24.3 Å². The first-order valence-electron chi connectivity index (χ1n) is 7.13. The molecule has 0 saturated carbocycles. The Morgan fingerprint density at radius 3 is 2.35 bits per heavy atom. The number of nitrogens with two attached hydrogens (primary N) is 1. The van der Waals surface area contributed by atoms with Crippen LogP contribution in [0.2, 0.25) is 0 Å². The first-order valence-corrected chi connectivity index (χ1v) is 7.13. The minimum absolute atomic E-state index is 0.276. The van der Waals surface area contributed by atoms with Crippen LogP contribution in [0, 0.1) is 6.92 Å². The van der Waals surface area contributed by atoms with Gasteiger partial charge in [-0.15, -0.1) is 0 Å². The molecular weight excluding hydrogens is 248 g/mol. The van der Waals surface area contributed by atoms with Gasteiger partial charge < -0.3 is 10.6 Å². The van der Waals surface area contributed by atoms with Gasteiger partial charge in [0, 0.05) is 18.8 Å². The summed E-state index contributed by atoms with van der Waals surface area (Å²) in [4.78, 5) is 2.11. The lowest BCUT2D eigenvalue weighted by atomic mass is 10.1. The molecule has 0 radical (unpaired) electrons. The van der Waals surface area contributed by atoms with E-state index in [-0.39, 0.29) is 6.04 Å². The van der Waals surface area contributed by atoms with Crippen LogP contribution >= 0.6 is 0 Å². The molecule has 1 aromatic carbocycles. The molecule has 0 amide bonds. The topological polar surface area (TPSA) is 47.1 Å². The van der Waals surface area contributed by atoms with Crippen molar-refractivity contribution in [1.82, 2.24) is 9.78 Å². The summed E-state index contributed by atoms with van der Waals surface area (Å²) >= 11 is 0. The summed E-state index contributed by atoms with van der Waals surface area (Å²) in [6.45, 7) is 8.34. The van der Waals surface area contributed by atoms with Crippen LogP contribution in [0.3, 0.4) is 0 Å². The number of nitrogens with zero attached hydrogens (tertiary/aromatic N) is 3. The van der Waals surface area contributed by atoms with Gasteiger partial charge in [0.1, 0.15) is 0 Å². The zero-order valence-corrected chi connectivity index (χ0v) is 13.0. The summed E-state index contributed by atoms with van der Waals surface area (Å²) in [7, 11) is 2.03. The first kappa shape index (κ1) is 14.4. The average molecular weight is 272 g/mol. The van der Waals surface area contributed by atoms with Crippen LogP contribution < -0.4 is 10.6 Å². The van der Waals surface area contributed by atoms with Crippen LogP contribution in [-0.2, 0) is 6.42 Å². The van der Waals surface area contributed by atoms with Gasteiger partial charge in [0.2, 0.25) is 0 Å². The number of anilines is 3. The van der Waals surface area contributed by atoms with Gasteiger partial charge in [0.15, 0.2) is 5.82 Å². The van der Waals surface area contributed by atoms with Gasteiger partial charge in [-0.3, -0.25) is 0 Å². The molecule has 0 fully saturated rings. The summed E-state index contributed by atoms with van der Waals surface area (Å²) in [6, 6.07) is 8.85. The first-order chi connectivity index (χ1) is 9.45. The molecule has 20 heavy (non-hydrogen) atoms. The molecule has 0 saturated heterocycles. The minimum atomic E-state index is 0.276. The molecule has 4 heteroatoms. The van der Waals surface area contributed by atoms with Crippen molar-refractivity contribution in [2.45, 2.75) is 40.2 Å². The van der Waals surface area contributed by atoms with Crippen molar-refractivity contribution in [2.75, 3.05) is 17.7 Å². The van der Waals surface area contributed by atoms with E-state index in [0.717, 1.165) is 29.3 Å². The number of aromatic nitrogens is 2. The van der Waals surface area contributed by atoms with Crippen molar-refractivity contribution < 1.29 is 0 Å². The van der Waals surface area contributed by atoms with Crippen LogP contribution in [0.1, 0.15) is 38.1 Å². The number of rotatable bonds is 4. The van der Waals surface area contributed by atoms with E-state index in [0.29, 0.717) is 0 Å². The third-order valence-electron chi connectivity index (χ3n) is 3.64. The van der Waals surface area contributed by atoms with Crippen LogP contribution in [-0.4, -0.2) is 16.8 Å². The van der Waals surface area contributed by atoms with Crippen molar-refractivity contribution >= 4 is 17.2 Å². The Morgan fingerprint density at radius 2 is 1.85 bits per heavy atom. The normalized spacial score (nSPS) is 11.1. The molecule has 0 unspecified atom stereocenters. The van der Waals surface area contributed by atoms with E-state index in [4.69, 9.17) is 5.73 Å². The van der Waals surface area contributed by atoms with Gasteiger partial charge >= 0.3 is 0 Å². The molecule has 108 valence electrons. The second-order valence-corrected chi connectivity index (χ2v) is 5.44. The van der Waals surface area contributed by atoms with E-state index in [2.05, 4.69) is 55.0 Å². The lowest BCUT2D eigenvalue weighted by Crippen LogP contribution is -2.17. The predicted molar refractivity (Wildman–Crippen MR) is 85.6 cm³/mol. The van der Waals surface area contributed by atoms with Gasteiger partial charge in [0.05, 0.1) is 11.4 Å². The summed E-state index contributed by atoms with van der Waals surface area (Å²) in [5.41, 5.74) is 10.3. The van der Waals surface area contributed by atoms with Gasteiger partial charge in [-0.05, 0) is 44.9 Å².